The number of hydrogen-bond acceptors (Lipinski definition) is 3. The van der Waals surface area contributed by atoms with Crippen LogP contribution >= 0.6 is 0 Å². The van der Waals surface area contributed by atoms with Gasteiger partial charge in [0.05, 0.1) is 0 Å². The Morgan fingerprint density at radius 1 is 1.53 bits per heavy atom. The van der Waals surface area contributed by atoms with Gasteiger partial charge in [0.15, 0.2) is 5.76 Å². The third-order valence-corrected chi connectivity index (χ3v) is 3.47. The van der Waals surface area contributed by atoms with Gasteiger partial charge in [-0.1, -0.05) is 0 Å². The number of piperidine rings is 1. The molecule has 0 aromatic carbocycles. The highest BCUT2D eigenvalue weighted by Crippen LogP contribution is 2.28. The summed E-state index contributed by atoms with van der Waals surface area (Å²) in [6, 6.07) is 3.61. The topological polar surface area (TPSA) is 59.5 Å². The monoisotopic (exact) mass is 236 g/mol. The summed E-state index contributed by atoms with van der Waals surface area (Å²) < 4.78 is 5.40. The smallest absolute Gasteiger partial charge is 0.290 e. The standard InChI is InChI=1S/C13H20N2O2/c1-9-4-5-11(17-9)12(16)15-8-10(14)6-7-13(15,2)3/h4-5,10H,6-8,14H2,1-3H3. The number of nitrogens with zero attached hydrogens (tertiary/aromatic N) is 1. The second-order valence-corrected chi connectivity index (χ2v) is 5.44. The molecule has 4 nitrogen and oxygen atoms in total. The van der Waals surface area contributed by atoms with Crippen molar-refractivity contribution in [2.75, 3.05) is 6.54 Å². The maximum absolute atomic E-state index is 12.4. The van der Waals surface area contributed by atoms with Gasteiger partial charge >= 0.3 is 0 Å². The van der Waals surface area contributed by atoms with Gasteiger partial charge in [0.25, 0.3) is 5.91 Å². The number of nitrogens with two attached hydrogens (primary N) is 1. The number of likely N-dealkylation sites (tertiary alicyclic amines) is 1. The zero-order valence-corrected chi connectivity index (χ0v) is 10.7. The second kappa shape index (κ2) is 4.18. The van der Waals surface area contributed by atoms with E-state index in [0.29, 0.717) is 12.3 Å². The summed E-state index contributed by atoms with van der Waals surface area (Å²) in [6.07, 6.45) is 1.90. The van der Waals surface area contributed by atoms with Crippen LogP contribution in [0.15, 0.2) is 16.5 Å². The molecule has 1 fully saturated rings. The lowest BCUT2D eigenvalue weighted by Crippen LogP contribution is -2.56. The van der Waals surface area contributed by atoms with Gasteiger partial charge in [-0.3, -0.25) is 4.79 Å². The van der Waals surface area contributed by atoms with Crippen LogP contribution in [0.3, 0.4) is 0 Å². The van der Waals surface area contributed by atoms with Gasteiger partial charge in [0.2, 0.25) is 0 Å². The number of amides is 1. The highest BCUT2D eigenvalue weighted by Gasteiger charge is 2.37. The molecule has 4 heteroatoms. The largest absolute Gasteiger partial charge is 0.456 e. The number of furan rings is 1. The fraction of sp³-hybridized carbons (Fsp3) is 0.615. The zero-order chi connectivity index (χ0) is 12.6. The second-order valence-electron chi connectivity index (χ2n) is 5.44. The number of aryl methyl sites for hydroxylation is 1. The van der Waals surface area contributed by atoms with Crippen LogP contribution in [0.4, 0.5) is 0 Å². The summed E-state index contributed by atoms with van der Waals surface area (Å²) >= 11 is 0. The van der Waals surface area contributed by atoms with Crippen molar-refractivity contribution in [3.63, 3.8) is 0 Å². The fourth-order valence-corrected chi connectivity index (χ4v) is 2.29. The van der Waals surface area contributed by atoms with Crippen molar-refractivity contribution in [2.45, 2.75) is 45.2 Å². The molecule has 94 valence electrons. The lowest BCUT2D eigenvalue weighted by atomic mass is 9.88. The Bertz CT molecular complexity index is 423. The first kappa shape index (κ1) is 12.2. The van der Waals surface area contributed by atoms with Gasteiger partial charge in [-0.25, -0.2) is 0 Å². The molecular formula is C13H20N2O2. The predicted octanol–water partition coefficient (Wildman–Crippen LogP) is 1.93. The maximum atomic E-state index is 12.4. The van der Waals surface area contributed by atoms with E-state index in [0.717, 1.165) is 18.6 Å². The summed E-state index contributed by atoms with van der Waals surface area (Å²) in [4.78, 5) is 14.2. The highest BCUT2D eigenvalue weighted by atomic mass is 16.3. The minimum absolute atomic E-state index is 0.0572. The van der Waals surface area contributed by atoms with E-state index in [1.165, 1.54) is 0 Å². The molecule has 1 amide bonds. The fourth-order valence-electron chi connectivity index (χ4n) is 2.29. The van der Waals surface area contributed by atoms with E-state index in [1.807, 2.05) is 17.9 Å². The Morgan fingerprint density at radius 2 is 2.24 bits per heavy atom. The van der Waals surface area contributed by atoms with Crippen LogP contribution in [-0.2, 0) is 0 Å². The van der Waals surface area contributed by atoms with Crippen molar-refractivity contribution < 1.29 is 9.21 Å². The van der Waals surface area contributed by atoms with E-state index in [1.54, 1.807) is 6.07 Å². The van der Waals surface area contributed by atoms with Crippen LogP contribution < -0.4 is 5.73 Å². The minimum Gasteiger partial charge on any atom is -0.456 e. The van der Waals surface area contributed by atoms with E-state index < -0.39 is 0 Å². The lowest BCUT2D eigenvalue weighted by Gasteiger charge is -2.44. The number of carbonyl (C=O) groups excluding carboxylic acids is 1. The molecule has 0 radical (unpaired) electrons. The molecule has 2 heterocycles. The van der Waals surface area contributed by atoms with Crippen molar-refractivity contribution in [3.05, 3.63) is 23.7 Å². The maximum Gasteiger partial charge on any atom is 0.290 e. The third-order valence-electron chi connectivity index (χ3n) is 3.47. The highest BCUT2D eigenvalue weighted by molar-refractivity contribution is 5.92. The Hall–Kier alpha value is -1.29. The molecule has 0 bridgehead atoms. The van der Waals surface area contributed by atoms with E-state index >= 15 is 0 Å². The molecule has 0 saturated carbocycles. The molecule has 1 aliphatic rings. The molecule has 0 spiro atoms. The molecule has 1 atom stereocenters. The first-order valence-electron chi connectivity index (χ1n) is 6.04. The third kappa shape index (κ3) is 2.36. The van der Waals surface area contributed by atoms with Crippen LogP contribution in [0.1, 0.15) is 43.0 Å². The van der Waals surface area contributed by atoms with Gasteiger partial charge in [-0.2, -0.15) is 0 Å². The summed E-state index contributed by atoms with van der Waals surface area (Å²) in [5.74, 6) is 1.11. The molecule has 1 aliphatic heterocycles. The first-order valence-corrected chi connectivity index (χ1v) is 6.04. The SMILES string of the molecule is Cc1ccc(C(=O)N2CC(N)CCC2(C)C)o1. The Balaban J connectivity index is 2.22. The van der Waals surface area contributed by atoms with E-state index in [-0.39, 0.29) is 17.5 Å². The number of carbonyl (C=O) groups is 1. The van der Waals surface area contributed by atoms with Crippen LogP contribution in [-0.4, -0.2) is 28.9 Å². The van der Waals surface area contributed by atoms with E-state index in [4.69, 9.17) is 10.2 Å². The lowest BCUT2D eigenvalue weighted by molar-refractivity contribution is 0.0363. The molecule has 17 heavy (non-hydrogen) atoms. The van der Waals surface area contributed by atoms with Crippen molar-refractivity contribution in [3.8, 4) is 0 Å². The Labute approximate surface area is 102 Å². The summed E-state index contributed by atoms with van der Waals surface area (Å²) in [6.45, 7) is 6.59. The molecule has 1 unspecified atom stereocenters. The molecule has 2 N–H and O–H groups in total. The summed E-state index contributed by atoms with van der Waals surface area (Å²) in [5, 5.41) is 0. The minimum atomic E-state index is -0.145. The Kier molecular flexibility index (Phi) is 3.00. The normalized spacial score (nSPS) is 23.8. The number of rotatable bonds is 1. The average molecular weight is 236 g/mol. The van der Waals surface area contributed by atoms with Gasteiger partial charge in [0, 0.05) is 18.1 Å². The summed E-state index contributed by atoms with van der Waals surface area (Å²) in [7, 11) is 0. The quantitative estimate of drug-likeness (QED) is 0.810. The van der Waals surface area contributed by atoms with Crippen LogP contribution in [0.5, 0.6) is 0 Å². The van der Waals surface area contributed by atoms with Gasteiger partial charge in [0.1, 0.15) is 5.76 Å². The molecule has 2 rings (SSSR count). The van der Waals surface area contributed by atoms with Crippen molar-refractivity contribution >= 4 is 5.91 Å². The van der Waals surface area contributed by atoms with Gasteiger partial charge < -0.3 is 15.1 Å². The zero-order valence-electron chi connectivity index (χ0n) is 10.7. The first-order chi connectivity index (χ1) is 7.90. The average Bonchev–Trinajstić information content (AvgIpc) is 2.68. The van der Waals surface area contributed by atoms with E-state index in [9.17, 15) is 4.79 Å². The van der Waals surface area contributed by atoms with E-state index in [2.05, 4.69) is 13.8 Å². The molecular weight excluding hydrogens is 216 g/mol. The van der Waals surface area contributed by atoms with Gasteiger partial charge in [-0.05, 0) is 45.7 Å². The van der Waals surface area contributed by atoms with Crippen molar-refractivity contribution in [1.29, 1.82) is 0 Å². The van der Waals surface area contributed by atoms with Crippen LogP contribution in [0, 0.1) is 6.92 Å². The molecule has 0 aliphatic carbocycles. The Morgan fingerprint density at radius 3 is 2.82 bits per heavy atom. The summed E-state index contributed by atoms with van der Waals surface area (Å²) in [5.41, 5.74) is 5.80. The van der Waals surface area contributed by atoms with Crippen molar-refractivity contribution in [2.24, 2.45) is 5.73 Å². The van der Waals surface area contributed by atoms with Crippen LogP contribution in [0.2, 0.25) is 0 Å². The predicted molar refractivity (Wildman–Crippen MR) is 65.8 cm³/mol. The van der Waals surface area contributed by atoms with Crippen molar-refractivity contribution in [1.82, 2.24) is 4.90 Å². The number of hydrogen-bond donors (Lipinski definition) is 1. The molecule has 1 aromatic heterocycles. The molecule has 1 aromatic rings. The van der Waals surface area contributed by atoms with Crippen LogP contribution in [0.25, 0.3) is 0 Å². The molecule has 1 saturated heterocycles. The van der Waals surface area contributed by atoms with Gasteiger partial charge in [-0.15, -0.1) is 0 Å².